The second-order valence-corrected chi connectivity index (χ2v) is 2.60. The van der Waals surface area contributed by atoms with Gasteiger partial charge in [-0.2, -0.15) is 0 Å². The molecular formula is C11H12. The molecule has 0 bridgehead atoms. The Balaban J connectivity index is 3.43. The van der Waals surface area contributed by atoms with Crippen LogP contribution in [0.3, 0.4) is 0 Å². The van der Waals surface area contributed by atoms with Gasteiger partial charge in [0.15, 0.2) is 0 Å². The smallest absolute Gasteiger partial charge is 0.0190 e. The fourth-order valence-corrected chi connectivity index (χ4v) is 1.02. The van der Waals surface area contributed by atoms with Crippen molar-refractivity contribution in [3.05, 3.63) is 46.9 Å². The van der Waals surface area contributed by atoms with Crippen molar-refractivity contribution in [1.29, 1.82) is 0 Å². The van der Waals surface area contributed by atoms with E-state index in [0.29, 0.717) is 0 Å². The summed E-state index contributed by atoms with van der Waals surface area (Å²) in [7, 11) is 0. The molecule has 0 radical (unpaired) electrons. The number of allylic oxidation sites excluding steroid dienone is 1. The van der Waals surface area contributed by atoms with Crippen LogP contribution >= 0.6 is 0 Å². The van der Waals surface area contributed by atoms with E-state index in [0.717, 1.165) is 10.4 Å². The zero-order valence-electron chi connectivity index (χ0n) is 6.80. The van der Waals surface area contributed by atoms with E-state index in [1.807, 2.05) is 6.08 Å². The normalized spacial score (nSPS) is 11.5. The van der Waals surface area contributed by atoms with Gasteiger partial charge in [-0.1, -0.05) is 49.1 Å². The minimum atomic E-state index is 1.06. The highest BCUT2D eigenvalue weighted by molar-refractivity contribution is 5.37. The Kier molecular flexibility index (Phi) is 2.27. The maximum absolute atomic E-state index is 3.92. The van der Waals surface area contributed by atoms with E-state index in [9.17, 15) is 0 Å². The highest BCUT2D eigenvalue weighted by Gasteiger charge is 1.82. The molecule has 0 aliphatic rings. The summed E-state index contributed by atoms with van der Waals surface area (Å²) >= 11 is 0. The summed E-state index contributed by atoms with van der Waals surface area (Å²) in [5.41, 5.74) is 1.25. The van der Waals surface area contributed by atoms with Crippen LogP contribution in [-0.2, 0) is 0 Å². The second-order valence-electron chi connectivity index (χ2n) is 2.60. The van der Waals surface area contributed by atoms with Crippen molar-refractivity contribution in [3.8, 4) is 0 Å². The molecule has 0 heteroatoms. The van der Waals surface area contributed by atoms with Crippen LogP contribution in [0.5, 0.6) is 0 Å². The fraction of sp³-hybridized carbons (Fsp3) is 0.0909. The molecule has 0 nitrogen and oxygen atoms in total. The third-order valence-corrected chi connectivity index (χ3v) is 1.60. The molecule has 0 amide bonds. The molecule has 0 N–H and O–H groups in total. The lowest BCUT2D eigenvalue weighted by Crippen LogP contribution is -2.22. The predicted octanol–water partition coefficient (Wildman–Crippen LogP) is 1.37. The van der Waals surface area contributed by atoms with Crippen molar-refractivity contribution in [2.24, 2.45) is 0 Å². The molecule has 0 heterocycles. The fourth-order valence-electron chi connectivity index (χ4n) is 1.02. The van der Waals surface area contributed by atoms with Gasteiger partial charge in [-0.05, 0) is 17.4 Å². The van der Waals surface area contributed by atoms with Gasteiger partial charge in [0.2, 0.25) is 0 Å². The third kappa shape index (κ3) is 1.81. The van der Waals surface area contributed by atoms with Gasteiger partial charge in [-0.3, -0.25) is 0 Å². The van der Waals surface area contributed by atoms with Gasteiger partial charge in [-0.25, -0.2) is 0 Å². The number of rotatable bonds is 1. The van der Waals surface area contributed by atoms with Crippen molar-refractivity contribution in [3.63, 3.8) is 0 Å². The van der Waals surface area contributed by atoms with Gasteiger partial charge < -0.3 is 0 Å². The van der Waals surface area contributed by atoms with Crippen LogP contribution in [0.1, 0.15) is 5.56 Å². The average Bonchev–Trinajstić information content (AvgIpc) is 1.95. The molecule has 56 valence electrons. The summed E-state index contributed by atoms with van der Waals surface area (Å²) in [6.07, 6.45) is 3.74. The molecule has 0 unspecified atom stereocenters. The molecule has 1 rings (SSSR count). The van der Waals surface area contributed by atoms with Crippen molar-refractivity contribution >= 4 is 12.7 Å². The molecule has 0 atom stereocenters. The zero-order valence-corrected chi connectivity index (χ0v) is 6.80. The van der Waals surface area contributed by atoms with Crippen LogP contribution in [-0.4, -0.2) is 0 Å². The Labute approximate surface area is 67.2 Å². The zero-order chi connectivity index (χ0) is 8.27. The number of aryl methyl sites for hydroxylation is 1. The minimum Gasteiger partial charge on any atom is -0.0990 e. The van der Waals surface area contributed by atoms with E-state index in [2.05, 4.69) is 38.3 Å². The lowest BCUT2D eigenvalue weighted by molar-refractivity contribution is 1.41. The Morgan fingerprint density at radius 1 is 1.36 bits per heavy atom. The summed E-state index contributed by atoms with van der Waals surface area (Å²) in [5.74, 6) is 0. The van der Waals surface area contributed by atoms with Crippen LogP contribution in [0, 0.1) is 6.92 Å². The van der Waals surface area contributed by atoms with E-state index >= 15 is 0 Å². The molecule has 0 saturated heterocycles. The SMILES string of the molecule is C=C/C=c1/ccc(C)cc1=C. The second kappa shape index (κ2) is 3.20. The van der Waals surface area contributed by atoms with E-state index in [4.69, 9.17) is 0 Å². The quantitative estimate of drug-likeness (QED) is 0.558. The van der Waals surface area contributed by atoms with Gasteiger partial charge in [0.25, 0.3) is 0 Å². The molecule has 0 spiro atoms. The molecule has 1 aromatic carbocycles. The predicted molar refractivity (Wildman–Crippen MR) is 50.6 cm³/mol. The standard InChI is InChI=1S/C11H12/c1-4-5-11-7-6-9(2)8-10(11)3/h4-8H,1,3H2,2H3/b11-5-. The number of benzene rings is 1. The Bertz CT molecular complexity index is 358. The highest BCUT2D eigenvalue weighted by atomic mass is 13.9. The topological polar surface area (TPSA) is 0 Å². The summed E-state index contributed by atoms with van der Waals surface area (Å²) in [6.45, 7) is 9.62. The van der Waals surface area contributed by atoms with Crippen LogP contribution in [0.15, 0.2) is 30.9 Å². The highest BCUT2D eigenvalue weighted by Crippen LogP contribution is 1.85. The van der Waals surface area contributed by atoms with Crippen LogP contribution in [0.4, 0.5) is 0 Å². The first kappa shape index (κ1) is 7.80. The summed E-state index contributed by atoms with van der Waals surface area (Å²) in [4.78, 5) is 0. The summed E-state index contributed by atoms with van der Waals surface area (Å²) in [6, 6.07) is 6.19. The lowest BCUT2D eigenvalue weighted by atomic mass is 10.2. The molecule has 0 saturated carbocycles. The minimum absolute atomic E-state index is 1.06. The van der Waals surface area contributed by atoms with Gasteiger partial charge in [0.05, 0.1) is 0 Å². The first-order chi connectivity index (χ1) is 5.24. The summed E-state index contributed by atoms with van der Waals surface area (Å²) < 4.78 is 0. The average molecular weight is 144 g/mol. The number of hydrogen-bond acceptors (Lipinski definition) is 0. The maximum Gasteiger partial charge on any atom is -0.0190 e. The van der Waals surface area contributed by atoms with E-state index in [1.54, 1.807) is 6.08 Å². The summed E-state index contributed by atoms with van der Waals surface area (Å²) in [5, 5.41) is 2.20. The molecule has 0 aliphatic heterocycles. The van der Waals surface area contributed by atoms with E-state index in [1.165, 1.54) is 5.56 Å². The molecule has 11 heavy (non-hydrogen) atoms. The first-order valence-corrected chi connectivity index (χ1v) is 3.62. The molecule has 0 aliphatic carbocycles. The van der Waals surface area contributed by atoms with Gasteiger partial charge >= 0.3 is 0 Å². The van der Waals surface area contributed by atoms with Gasteiger partial charge in [0, 0.05) is 0 Å². The van der Waals surface area contributed by atoms with E-state index < -0.39 is 0 Å². The number of hydrogen-bond donors (Lipinski definition) is 0. The Morgan fingerprint density at radius 2 is 2.09 bits per heavy atom. The largest absolute Gasteiger partial charge is 0.0990 e. The van der Waals surface area contributed by atoms with Crippen molar-refractivity contribution in [2.45, 2.75) is 6.92 Å². The molecule has 0 fully saturated rings. The molecule has 1 aromatic rings. The first-order valence-electron chi connectivity index (χ1n) is 3.62. The third-order valence-electron chi connectivity index (χ3n) is 1.60. The Hall–Kier alpha value is -1.30. The van der Waals surface area contributed by atoms with Crippen LogP contribution in [0.25, 0.3) is 12.7 Å². The maximum atomic E-state index is 3.92. The van der Waals surface area contributed by atoms with Crippen LogP contribution < -0.4 is 10.4 Å². The Morgan fingerprint density at radius 3 is 2.64 bits per heavy atom. The van der Waals surface area contributed by atoms with E-state index in [-0.39, 0.29) is 0 Å². The van der Waals surface area contributed by atoms with Crippen molar-refractivity contribution in [2.75, 3.05) is 0 Å². The molecule has 0 aromatic heterocycles. The lowest BCUT2D eigenvalue weighted by Gasteiger charge is -1.90. The van der Waals surface area contributed by atoms with Gasteiger partial charge in [-0.15, -0.1) is 0 Å². The van der Waals surface area contributed by atoms with Crippen LogP contribution in [0.2, 0.25) is 0 Å². The van der Waals surface area contributed by atoms with Gasteiger partial charge in [0.1, 0.15) is 0 Å². The van der Waals surface area contributed by atoms with Crippen molar-refractivity contribution < 1.29 is 0 Å². The molecular weight excluding hydrogens is 132 g/mol. The van der Waals surface area contributed by atoms with Crippen molar-refractivity contribution in [1.82, 2.24) is 0 Å². The monoisotopic (exact) mass is 144 g/mol.